The quantitative estimate of drug-likeness (QED) is 0.220. The zero-order chi connectivity index (χ0) is 26.0. The molecule has 1 atom stereocenters. The number of hydrogen-bond donors (Lipinski definition) is 2. The molecule has 192 valence electrons. The lowest BCUT2D eigenvalue weighted by Crippen LogP contribution is -2.36. The summed E-state index contributed by atoms with van der Waals surface area (Å²) in [6.07, 6.45) is 4.58. The van der Waals surface area contributed by atoms with Crippen LogP contribution in [0.2, 0.25) is 0 Å². The van der Waals surface area contributed by atoms with Gasteiger partial charge in [-0.25, -0.2) is 13.4 Å². The highest BCUT2D eigenvalue weighted by Crippen LogP contribution is 2.36. The van der Waals surface area contributed by atoms with Gasteiger partial charge in [-0.1, -0.05) is 24.3 Å². The summed E-state index contributed by atoms with van der Waals surface area (Å²) in [4.78, 5) is 13.6. The van der Waals surface area contributed by atoms with Crippen molar-refractivity contribution in [3.8, 4) is 10.7 Å². The van der Waals surface area contributed by atoms with Crippen molar-refractivity contribution in [1.82, 2.24) is 20.3 Å². The molecule has 0 fully saturated rings. The van der Waals surface area contributed by atoms with E-state index in [-0.39, 0.29) is 12.1 Å². The molecule has 0 aliphatic heterocycles. The smallest absolute Gasteiger partial charge is 0.274 e. The molecule has 0 bridgehead atoms. The van der Waals surface area contributed by atoms with E-state index in [4.69, 9.17) is 0 Å². The molecular weight excluding hydrogens is 523 g/mol. The summed E-state index contributed by atoms with van der Waals surface area (Å²) >= 11 is 2.85. The summed E-state index contributed by atoms with van der Waals surface area (Å²) in [5.41, 5.74) is 3.36. The van der Waals surface area contributed by atoms with Crippen LogP contribution in [0.5, 0.6) is 0 Å². The highest BCUT2D eigenvalue weighted by atomic mass is 32.2. The molecule has 0 spiro atoms. The van der Waals surface area contributed by atoms with E-state index in [2.05, 4.69) is 27.2 Å². The molecule has 1 unspecified atom stereocenters. The van der Waals surface area contributed by atoms with E-state index >= 15 is 0 Å². The normalized spacial score (nSPS) is 12.9. The number of H-pyrrole nitrogens is 1. The van der Waals surface area contributed by atoms with E-state index in [9.17, 15) is 8.42 Å². The first kappa shape index (κ1) is 25.6. The van der Waals surface area contributed by atoms with Gasteiger partial charge in [-0.05, 0) is 56.5 Å². The van der Waals surface area contributed by atoms with Gasteiger partial charge in [-0.15, -0.1) is 22.7 Å². The fraction of sp³-hybridized carbons (Fsp3) is 0.259. The van der Waals surface area contributed by atoms with E-state index in [0.29, 0.717) is 9.90 Å². The molecule has 5 rings (SSSR count). The molecule has 5 aromatic rings. The number of thiazole rings is 1. The Labute approximate surface area is 225 Å². The maximum Gasteiger partial charge on any atom is 0.274 e. The predicted molar refractivity (Wildman–Crippen MR) is 153 cm³/mol. The Bertz CT molecular complexity index is 1570. The van der Waals surface area contributed by atoms with Gasteiger partial charge in [0.2, 0.25) is 0 Å². The molecule has 0 saturated carbocycles. The second kappa shape index (κ2) is 10.7. The number of aromatic nitrogens is 3. The van der Waals surface area contributed by atoms with Crippen molar-refractivity contribution in [1.29, 1.82) is 0 Å². The van der Waals surface area contributed by atoms with Crippen molar-refractivity contribution in [2.75, 3.05) is 4.31 Å². The third-order valence-corrected chi connectivity index (χ3v) is 10.4. The predicted octanol–water partition coefficient (Wildman–Crippen LogP) is 6.07. The first-order chi connectivity index (χ1) is 17.8. The molecule has 37 heavy (non-hydrogen) atoms. The second-order valence-electron chi connectivity index (χ2n) is 9.19. The zero-order valence-electron chi connectivity index (χ0n) is 20.9. The Kier molecular flexibility index (Phi) is 7.43. The third kappa shape index (κ3) is 5.47. The third-order valence-electron chi connectivity index (χ3n) is 6.00. The monoisotopic (exact) mass is 551 g/mol. The molecular formula is C27H29N5O2S3. The van der Waals surface area contributed by atoms with Crippen molar-refractivity contribution in [2.45, 2.75) is 50.0 Å². The Hall–Kier alpha value is -3.05. The number of para-hydroxylation sites is 1. The highest BCUT2D eigenvalue weighted by molar-refractivity contribution is 7.94. The number of nitrogens with zero attached hydrogens (tertiary/aromatic N) is 3. The molecule has 7 nitrogen and oxygen atoms in total. The van der Waals surface area contributed by atoms with E-state index < -0.39 is 10.0 Å². The van der Waals surface area contributed by atoms with E-state index in [0.717, 1.165) is 45.1 Å². The summed E-state index contributed by atoms with van der Waals surface area (Å²) in [7, 11) is -3.68. The Morgan fingerprint density at radius 2 is 1.92 bits per heavy atom. The van der Waals surface area contributed by atoms with Crippen LogP contribution in [-0.4, -0.2) is 35.5 Å². The van der Waals surface area contributed by atoms with Crippen LogP contribution >= 0.6 is 22.7 Å². The lowest BCUT2D eigenvalue weighted by atomic mass is 10.1. The maximum absolute atomic E-state index is 13.5. The minimum atomic E-state index is -3.68. The van der Waals surface area contributed by atoms with Gasteiger partial charge in [0.25, 0.3) is 10.0 Å². The van der Waals surface area contributed by atoms with Crippen LogP contribution in [0, 0.1) is 0 Å². The summed E-state index contributed by atoms with van der Waals surface area (Å²) in [5.74, 6) is 0. The summed E-state index contributed by atoms with van der Waals surface area (Å²) in [6, 6.07) is 17.2. The van der Waals surface area contributed by atoms with Crippen LogP contribution in [0.4, 0.5) is 5.69 Å². The van der Waals surface area contributed by atoms with Crippen LogP contribution in [0.1, 0.15) is 31.3 Å². The Morgan fingerprint density at radius 1 is 1.05 bits per heavy atom. The zero-order valence-corrected chi connectivity index (χ0v) is 23.3. The van der Waals surface area contributed by atoms with Gasteiger partial charge in [-0.3, -0.25) is 9.29 Å². The molecule has 0 amide bonds. The van der Waals surface area contributed by atoms with Crippen molar-refractivity contribution >= 4 is 49.3 Å². The van der Waals surface area contributed by atoms with Crippen molar-refractivity contribution in [3.05, 3.63) is 82.9 Å². The molecule has 0 radical (unpaired) electrons. The maximum atomic E-state index is 13.5. The number of pyridine rings is 1. The summed E-state index contributed by atoms with van der Waals surface area (Å²) < 4.78 is 28.8. The molecule has 1 aromatic carbocycles. The molecule has 4 heterocycles. The number of hydrogen-bond acceptors (Lipinski definition) is 7. The van der Waals surface area contributed by atoms with Gasteiger partial charge in [0, 0.05) is 53.4 Å². The van der Waals surface area contributed by atoms with Gasteiger partial charge >= 0.3 is 0 Å². The van der Waals surface area contributed by atoms with Crippen LogP contribution in [0.15, 0.2) is 76.6 Å². The Balaban J connectivity index is 1.38. The van der Waals surface area contributed by atoms with Gasteiger partial charge < -0.3 is 10.3 Å². The van der Waals surface area contributed by atoms with Gasteiger partial charge in [0.15, 0.2) is 0 Å². The molecule has 4 aromatic heterocycles. The van der Waals surface area contributed by atoms with Crippen molar-refractivity contribution in [3.63, 3.8) is 0 Å². The average Bonchev–Trinajstić information content (AvgIpc) is 3.64. The van der Waals surface area contributed by atoms with E-state index in [1.807, 2.05) is 68.7 Å². The molecule has 10 heteroatoms. The summed E-state index contributed by atoms with van der Waals surface area (Å²) in [5, 5.41) is 7.15. The lowest BCUT2D eigenvalue weighted by molar-refractivity contribution is 0.543. The number of thiophene rings is 1. The SMILES string of the molecule is CC(Cc1ccccn1)NCc1cnc(-c2cc3cccc(N(C(C)C)S(=O)(=O)c4cccs4)c3[nH]2)s1. The minimum absolute atomic E-state index is 0.255. The first-order valence-electron chi connectivity index (χ1n) is 12.1. The molecule has 2 N–H and O–H groups in total. The number of fused-ring (bicyclic) bond motifs is 1. The number of nitrogens with one attached hydrogen (secondary N) is 2. The van der Waals surface area contributed by atoms with E-state index in [1.54, 1.807) is 28.8 Å². The minimum Gasteiger partial charge on any atom is -0.351 e. The topological polar surface area (TPSA) is 91.0 Å². The number of sulfonamides is 1. The fourth-order valence-electron chi connectivity index (χ4n) is 4.32. The Morgan fingerprint density at radius 3 is 2.65 bits per heavy atom. The average molecular weight is 552 g/mol. The molecule has 0 aliphatic carbocycles. The van der Waals surface area contributed by atoms with Gasteiger partial charge in [0.05, 0.1) is 16.9 Å². The lowest BCUT2D eigenvalue weighted by Gasteiger charge is -2.28. The highest BCUT2D eigenvalue weighted by Gasteiger charge is 2.30. The van der Waals surface area contributed by atoms with Crippen LogP contribution < -0.4 is 9.62 Å². The fourth-order valence-corrected chi connectivity index (χ4v) is 7.91. The summed E-state index contributed by atoms with van der Waals surface area (Å²) in [6.45, 7) is 6.66. The number of aromatic amines is 1. The van der Waals surface area contributed by atoms with Gasteiger partial charge in [0.1, 0.15) is 9.22 Å². The molecule has 0 aliphatic rings. The largest absolute Gasteiger partial charge is 0.351 e. The van der Waals surface area contributed by atoms with Gasteiger partial charge in [-0.2, -0.15) is 0 Å². The standard InChI is InChI=1S/C27H29N5O2S3/c1-18(2)32(37(33,34)25-11-7-13-35-25)24-10-6-8-20-15-23(31-26(20)24)27-30-17-22(36-27)16-29-19(3)14-21-9-4-5-12-28-21/h4-13,15,17-19,29,31H,14,16H2,1-3H3. The first-order valence-corrected chi connectivity index (χ1v) is 15.2. The van der Waals surface area contributed by atoms with Crippen LogP contribution in [0.25, 0.3) is 21.6 Å². The number of benzene rings is 1. The van der Waals surface area contributed by atoms with Crippen molar-refractivity contribution in [2.24, 2.45) is 0 Å². The molecule has 0 saturated heterocycles. The van der Waals surface area contributed by atoms with Crippen LogP contribution in [-0.2, 0) is 23.0 Å². The van der Waals surface area contributed by atoms with Crippen molar-refractivity contribution < 1.29 is 8.42 Å². The second-order valence-corrected chi connectivity index (χ2v) is 13.3. The van der Waals surface area contributed by atoms with E-state index in [1.165, 1.54) is 15.6 Å². The number of anilines is 1. The number of rotatable bonds is 10. The van der Waals surface area contributed by atoms with Crippen LogP contribution in [0.3, 0.4) is 0 Å².